The Kier molecular flexibility index (Phi) is 6.38. The lowest BCUT2D eigenvalue weighted by Crippen LogP contribution is -2.31. The number of likely N-dealkylation sites (N-methyl/N-ethyl adjacent to an activating group) is 2. The van der Waals surface area contributed by atoms with Crippen LogP contribution in [0.25, 0.3) is 0 Å². The average Bonchev–Trinajstić information content (AvgIpc) is 2.30. The van der Waals surface area contributed by atoms with Crippen molar-refractivity contribution >= 4 is 11.6 Å². The van der Waals surface area contributed by atoms with Crippen LogP contribution < -0.4 is 5.32 Å². The average molecular weight is 242 g/mol. The van der Waals surface area contributed by atoms with Gasteiger partial charge in [-0.15, -0.1) is 0 Å². The first-order valence-electron chi connectivity index (χ1n) is 5.79. The largest absolute Gasteiger partial charge is 0.316 e. The summed E-state index contributed by atoms with van der Waals surface area (Å²) in [6.07, 6.45) is 3.49. The Morgan fingerprint density at radius 2 is 2.25 bits per heavy atom. The van der Waals surface area contributed by atoms with Crippen molar-refractivity contribution in [3.63, 3.8) is 0 Å². The van der Waals surface area contributed by atoms with Gasteiger partial charge in [-0.25, -0.2) is 0 Å². The van der Waals surface area contributed by atoms with E-state index in [4.69, 9.17) is 11.6 Å². The summed E-state index contributed by atoms with van der Waals surface area (Å²) in [5, 5.41) is 4.08. The highest BCUT2D eigenvalue weighted by Crippen LogP contribution is 2.15. The molecule has 1 N–H and O–H groups in total. The summed E-state index contributed by atoms with van der Waals surface area (Å²) in [6, 6.07) is 1.98. The van der Waals surface area contributed by atoms with Gasteiger partial charge in [-0.05, 0) is 24.7 Å². The third kappa shape index (κ3) is 4.47. The number of hydrogen-bond donors (Lipinski definition) is 1. The molecule has 0 bridgehead atoms. The number of nitrogens with one attached hydrogen (secondary N) is 1. The molecule has 1 aromatic heterocycles. The number of pyridine rings is 1. The molecule has 0 amide bonds. The van der Waals surface area contributed by atoms with E-state index < -0.39 is 0 Å². The molecule has 0 saturated heterocycles. The fourth-order valence-corrected chi connectivity index (χ4v) is 1.72. The van der Waals surface area contributed by atoms with E-state index in [0.717, 1.165) is 43.3 Å². The standard InChI is InChI=1S/C12H20ClN3/c1-3-14-7-8-16(4-2)10-11-5-6-15-9-12(11)13/h5-6,9,14H,3-4,7-8,10H2,1-2H3. The van der Waals surface area contributed by atoms with Crippen LogP contribution in [0.1, 0.15) is 19.4 Å². The van der Waals surface area contributed by atoms with E-state index in [2.05, 4.69) is 29.0 Å². The van der Waals surface area contributed by atoms with Crippen LogP contribution >= 0.6 is 11.6 Å². The zero-order valence-corrected chi connectivity index (χ0v) is 10.8. The van der Waals surface area contributed by atoms with Gasteiger partial charge >= 0.3 is 0 Å². The van der Waals surface area contributed by atoms with Crippen molar-refractivity contribution in [3.05, 3.63) is 29.0 Å². The van der Waals surface area contributed by atoms with Crippen molar-refractivity contribution in [2.75, 3.05) is 26.2 Å². The van der Waals surface area contributed by atoms with Gasteiger partial charge in [-0.3, -0.25) is 9.88 Å². The number of rotatable bonds is 7. The van der Waals surface area contributed by atoms with Crippen LogP contribution in [0.4, 0.5) is 0 Å². The first-order valence-corrected chi connectivity index (χ1v) is 6.17. The van der Waals surface area contributed by atoms with E-state index in [9.17, 15) is 0 Å². The molecule has 0 saturated carbocycles. The van der Waals surface area contributed by atoms with Crippen molar-refractivity contribution in [2.45, 2.75) is 20.4 Å². The van der Waals surface area contributed by atoms with E-state index in [0.29, 0.717) is 0 Å². The molecule has 0 aliphatic heterocycles. The maximum atomic E-state index is 6.08. The first kappa shape index (κ1) is 13.4. The van der Waals surface area contributed by atoms with Crippen molar-refractivity contribution < 1.29 is 0 Å². The SMILES string of the molecule is CCNCCN(CC)Cc1ccncc1Cl. The second kappa shape index (κ2) is 7.60. The smallest absolute Gasteiger partial charge is 0.0634 e. The van der Waals surface area contributed by atoms with Gasteiger partial charge in [0, 0.05) is 32.0 Å². The highest BCUT2D eigenvalue weighted by Gasteiger charge is 2.05. The van der Waals surface area contributed by atoms with E-state index in [1.807, 2.05) is 6.07 Å². The predicted molar refractivity (Wildman–Crippen MR) is 68.7 cm³/mol. The molecule has 3 nitrogen and oxygen atoms in total. The molecule has 0 fully saturated rings. The summed E-state index contributed by atoms with van der Waals surface area (Å²) in [7, 11) is 0. The van der Waals surface area contributed by atoms with Crippen LogP contribution in [0, 0.1) is 0 Å². The van der Waals surface area contributed by atoms with Crippen LogP contribution in [0.5, 0.6) is 0 Å². The van der Waals surface area contributed by atoms with E-state index in [1.165, 1.54) is 0 Å². The minimum absolute atomic E-state index is 0.754. The summed E-state index contributed by atoms with van der Waals surface area (Å²) >= 11 is 6.08. The molecule has 0 radical (unpaired) electrons. The van der Waals surface area contributed by atoms with Crippen LogP contribution in [0.3, 0.4) is 0 Å². The molecule has 0 atom stereocenters. The lowest BCUT2D eigenvalue weighted by atomic mass is 10.2. The summed E-state index contributed by atoms with van der Waals surface area (Å²) < 4.78 is 0. The molecular weight excluding hydrogens is 222 g/mol. The summed E-state index contributed by atoms with van der Waals surface area (Å²) in [5.41, 5.74) is 1.15. The molecule has 0 unspecified atom stereocenters. The van der Waals surface area contributed by atoms with Crippen LogP contribution in [-0.2, 0) is 6.54 Å². The molecule has 4 heteroatoms. The normalized spacial score (nSPS) is 11.0. The zero-order valence-electron chi connectivity index (χ0n) is 10.0. The Labute approximate surface area is 103 Å². The lowest BCUT2D eigenvalue weighted by molar-refractivity contribution is 0.280. The molecule has 1 rings (SSSR count). The fourth-order valence-electron chi connectivity index (χ4n) is 1.54. The Morgan fingerprint density at radius 1 is 1.44 bits per heavy atom. The topological polar surface area (TPSA) is 28.2 Å². The quantitative estimate of drug-likeness (QED) is 0.742. The van der Waals surface area contributed by atoms with Crippen molar-refractivity contribution in [2.24, 2.45) is 0 Å². The van der Waals surface area contributed by atoms with Crippen molar-refractivity contribution in [1.82, 2.24) is 15.2 Å². The maximum Gasteiger partial charge on any atom is 0.0634 e. The number of nitrogens with zero attached hydrogens (tertiary/aromatic N) is 2. The molecule has 90 valence electrons. The Bertz CT molecular complexity index is 304. The summed E-state index contributed by atoms with van der Waals surface area (Å²) in [5.74, 6) is 0. The molecular formula is C12H20ClN3. The van der Waals surface area contributed by atoms with E-state index >= 15 is 0 Å². The van der Waals surface area contributed by atoms with E-state index in [1.54, 1.807) is 12.4 Å². The van der Waals surface area contributed by atoms with Gasteiger partial charge in [-0.2, -0.15) is 0 Å². The van der Waals surface area contributed by atoms with Gasteiger partial charge in [0.1, 0.15) is 0 Å². The van der Waals surface area contributed by atoms with Crippen LogP contribution in [0.15, 0.2) is 18.5 Å². The fraction of sp³-hybridized carbons (Fsp3) is 0.583. The first-order chi connectivity index (χ1) is 7.77. The minimum atomic E-state index is 0.754. The summed E-state index contributed by atoms with van der Waals surface area (Å²) in [6.45, 7) is 9.30. The minimum Gasteiger partial charge on any atom is -0.316 e. The zero-order chi connectivity index (χ0) is 11.8. The maximum absolute atomic E-state index is 6.08. The number of hydrogen-bond acceptors (Lipinski definition) is 3. The Hall–Kier alpha value is -0.640. The predicted octanol–water partition coefficient (Wildman–Crippen LogP) is 2.17. The van der Waals surface area contributed by atoms with Crippen molar-refractivity contribution in [1.29, 1.82) is 0 Å². The molecule has 1 aromatic rings. The van der Waals surface area contributed by atoms with Gasteiger partial charge in [0.15, 0.2) is 0 Å². The van der Waals surface area contributed by atoms with Gasteiger partial charge in [0.25, 0.3) is 0 Å². The Morgan fingerprint density at radius 3 is 2.88 bits per heavy atom. The van der Waals surface area contributed by atoms with Gasteiger partial charge < -0.3 is 5.32 Å². The Balaban J connectivity index is 2.46. The molecule has 0 aliphatic rings. The van der Waals surface area contributed by atoms with Gasteiger partial charge in [0.05, 0.1) is 5.02 Å². The third-order valence-corrected chi connectivity index (χ3v) is 2.89. The molecule has 0 spiro atoms. The van der Waals surface area contributed by atoms with Crippen LogP contribution in [-0.4, -0.2) is 36.1 Å². The highest BCUT2D eigenvalue weighted by atomic mass is 35.5. The third-order valence-electron chi connectivity index (χ3n) is 2.55. The van der Waals surface area contributed by atoms with Gasteiger partial charge in [-0.1, -0.05) is 25.4 Å². The summed E-state index contributed by atoms with van der Waals surface area (Å²) in [4.78, 5) is 6.36. The van der Waals surface area contributed by atoms with Gasteiger partial charge in [0.2, 0.25) is 0 Å². The second-order valence-electron chi connectivity index (χ2n) is 3.69. The number of halogens is 1. The molecule has 0 aromatic carbocycles. The highest BCUT2D eigenvalue weighted by molar-refractivity contribution is 6.31. The lowest BCUT2D eigenvalue weighted by Gasteiger charge is -2.20. The second-order valence-corrected chi connectivity index (χ2v) is 4.10. The molecule has 1 heterocycles. The van der Waals surface area contributed by atoms with Crippen molar-refractivity contribution in [3.8, 4) is 0 Å². The van der Waals surface area contributed by atoms with E-state index in [-0.39, 0.29) is 0 Å². The molecule has 0 aliphatic carbocycles. The van der Waals surface area contributed by atoms with Crippen LogP contribution in [0.2, 0.25) is 5.02 Å². The number of aromatic nitrogens is 1. The molecule has 16 heavy (non-hydrogen) atoms. The monoisotopic (exact) mass is 241 g/mol.